The van der Waals surface area contributed by atoms with Gasteiger partial charge in [-0.1, -0.05) is 0 Å². The maximum Gasteiger partial charge on any atom is 0.253 e. The number of H-pyrrole nitrogens is 1. The quantitative estimate of drug-likeness (QED) is 0.0683. The smallest absolute Gasteiger partial charge is 0.253 e. The predicted octanol–water partition coefficient (Wildman–Crippen LogP) is -1.82. The lowest BCUT2D eigenvalue weighted by Gasteiger charge is -2.27. The van der Waals surface area contributed by atoms with E-state index in [2.05, 4.69) is 20.6 Å². The fourth-order valence-electron chi connectivity index (χ4n) is 4.59. The van der Waals surface area contributed by atoms with Crippen molar-refractivity contribution in [3.05, 3.63) is 48.9 Å². The first-order chi connectivity index (χ1) is 19.3. The lowest BCUT2D eigenvalue weighted by atomic mass is 10.1. The molecule has 41 heavy (non-hydrogen) atoms. The summed E-state index contributed by atoms with van der Waals surface area (Å²) in [6.07, 6.45) is -2.25. The average Bonchev–Trinajstić information content (AvgIpc) is 2.90. The number of nitrogens with one attached hydrogen (secondary N) is 3. The van der Waals surface area contributed by atoms with Crippen molar-refractivity contribution in [3.63, 3.8) is 0 Å². The van der Waals surface area contributed by atoms with Gasteiger partial charge in [-0.15, -0.1) is 0 Å². The lowest BCUT2D eigenvalue weighted by molar-refractivity contribution is -0.0830. The second-order valence-electron chi connectivity index (χ2n) is 9.87. The van der Waals surface area contributed by atoms with Crippen LogP contribution in [0.5, 0.6) is 5.75 Å². The number of hydrogen-bond donors (Lipinski definition) is 8. The summed E-state index contributed by atoms with van der Waals surface area (Å²) in [6.45, 7) is 8.17. The van der Waals surface area contributed by atoms with Crippen LogP contribution < -0.4 is 26.7 Å². The minimum absolute atomic E-state index is 0.0141. The van der Waals surface area contributed by atoms with E-state index >= 15 is 0 Å². The number of aromatic nitrogens is 2. The van der Waals surface area contributed by atoms with Crippen LogP contribution in [-0.4, -0.2) is 102 Å². The van der Waals surface area contributed by atoms with Crippen LogP contribution in [0.3, 0.4) is 0 Å². The van der Waals surface area contributed by atoms with E-state index in [1.54, 1.807) is 0 Å². The largest absolute Gasteiger partial charge is 0.507 e. The molecule has 14 nitrogen and oxygen atoms in total. The second kappa shape index (κ2) is 13.3. The molecular formula is C27H38N6O8. The van der Waals surface area contributed by atoms with Crippen LogP contribution in [0, 0.1) is 6.92 Å². The maximum atomic E-state index is 13.1. The van der Waals surface area contributed by atoms with Crippen molar-refractivity contribution in [1.29, 1.82) is 0 Å². The van der Waals surface area contributed by atoms with Gasteiger partial charge in [-0.05, 0) is 46.8 Å². The molecule has 0 fully saturated rings. The van der Waals surface area contributed by atoms with Gasteiger partial charge in [0.25, 0.3) is 5.91 Å². The number of carbonyl (C=O) groups is 1. The number of hydrogen-bond acceptors (Lipinski definition) is 12. The third-order valence-electron chi connectivity index (χ3n) is 6.87. The number of nitrogens with zero attached hydrogens (tertiary/aromatic N) is 3. The number of aromatic hydroxyl groups is 1. The van der Waals surface area contributed by atoms with Gasteiger partial charge in [0.15, 0.2) is 0 Å². The summed E-state index contributed by atoms with van der Waals surface area (Å²) in [7, 11) is 0. The lowest BCUT2D eigenvalue weighted by Crippen LogP contribution is -2.44. The molecule has 4 atom stereocenters. The van der Waals surface area contributed by atoms with Crippen LogP contribution in [-0.2, 0) is 0 Å². The molecule has 0 saturated heterocycles. The van der Waals surface area contributed by atoms with Gasteiger partial charge in [0.2, 0.25) is 10.9 Å². The summed E-state index contributed by atoms with van der Waals surface area (Å²) in [5.41, 5.74) is -1.09. The molecule has 1 amide bonds. The van der Waals surface area contributed by atoms with Crippen LogP contribution in [0.15, 0.2) is 21.7 Å². The summed E-state index contributed by atoms with van der Waals surface area (Å²) < 4.78 is 0. The molecule has 224 valence electrons. The van der Waals surface area contributed by atoms with Gasteiger partial charge in [0, 0.05) is 37.9 Å². The molecule has 14 heteroatoms. The van der Waals surface area contributed by atoms with E-state index in [4.69, 9.17) is 0 Å². The molecular weight excluding hydrogens is 536 g/mol. The van der Waals surface area contributed by atoms with Gasteiger partial charge in [-0.25, -0.2) is 4.98 Å². The van der Waals surface area contributed by atoms with Crippen LogP contribution >= 0.6 is 0 Å². The topological polar surface area (TPSA) is 212 Å². The van der Waals surface area contributed by atoms with Crippen LogP contribution in [0.2, 0.25) is 0 Å². The number of rotatable bonds is 12. The van der Waals surface area contributed by atoms with Gasteiger partial charge >= 0.3 is 0 Å². The highest BCUT2D eigenvalue weighted by Gasteiger charge is 2.20. The van der Waals surface area contributed by atoms with Gasteiger partial charge in [0.1, 0.15) is 47.2 Å². The van der Waals surface area contributed by atoms with Crippen LogP contribution in [0.25, 0.3) is 28.3 Å². The Morgan fingerprint density at radius 3 is 2.05 bits per heavy atom. The highest BCUT2D eigenvalue weighted by molar-refractivity contribution is 6.06. The number of phenols is 1. The zero-order valence-electron chi connectivity index (χ0n) is 23.7. The molecule has 0 saturated carbocycles. The number of aliphatic hydroxyl groups excluding tert-OH is 4. The molecule has 0 spiro atoms. The van der Waals surface area contributed by atoms with E-state index in [0.717, 1.165) is 0 Å². The number of aliphatic hydroxyl groups is 4. The van der Waals surface area contributed by atoms with Crippen molar-refractivity contribution in [3.8, 4) is 5.75 Å². The monoisotopic (exact) mass is 574 g/mol. The standard InChI is InChI=1S/C27H38N6O8/c1-13-25(39)19(12-28-8-10-32(14(2)34)15(3)35)22-24(26(13)40)31-21-18(6-7-20(38)23(21)30-22)27(41)29-9-11-33(16(4)36)17(5)37/h6-7,12,14-17,28,31,34-37,39H,8-11H2,1-5H3,(H,29,41)/b19-12-. The van der Waals surface area contributed by atoms with Crippen LogP contribution in [0.1, 0.15) is 43.6 Å². The second-order valence-corrected chi connectivity index (χ2v) is 9.87. The van der Waals surface area contributed by atoms with Crippen molar-refractivity contribution in [2.24, 2.45) is 0 Å². The first kappa shape index (κ1) is 31.9. The third kappa shape index (κ3) is 6.98. The molecule has 4 unspecified atom stereocenters. The van der Waals surface area contributed by atoms with Crippen molar-refractivity contribution >= 4 is 34.2 Å². The molecule has 1 aromatic heterocycles. The summed E-state index contributed by atoms with van der Waals surface area (Å²) in [5, 5.41) is 55.8. The Hall–Kier alpha value is -3.66. The summed E-state index contributed by atoms with van der Waals surface area (Å²) in [5.74, 6) is -0.902. The molecule has 0 aliphatic heterocycles. The van der Waals surface area contributed by atoms with Gasteiger partial charge in [0.05, 0.1) is 16.3 Å². The minimum atomic E-state index is -0.942. The van der Waals surface area contributed by atoms with Gasteiger partial charge in [-0.3, -0.25) is 24.2 Å². The third-order valence-corrected chi connectivity index (χ3v) is 6.87. The molecule has 0 aliphatic rings. The van der Waals surface area contributed by atoms with E-state index in [1.807, 2.05) is 0 Å². The Morgan fingerprint density at radius 1 is 0.927 bits per heavy atom. The molecule has 0 aliphatic carbocycles. The SMILES string of the molecule is Cc1c(O)/c(=C\NCCN(C(C)O)C(C)O)c2nc3c(=O)ccc(C(=O)NCCN(C(C)O)C(C)O)c3[nH]c2c1=O. The normalized spacial score (nSPS) is 15.4. The predicted molar refractivity (Wildman–Crippen MR) is 153 cm³/mol. The first-order valence-electron chi connectivity index (χ1n) is 13.2. The summed E-state index contributed by atoms with van der Waals surface area (Å²) in [6, 6.07) is 2.49. The highest BCUT2D eigenvalue weighted by atomic mass is 16.3. The Labute approximate surface area is 235 Å². The van der Waals surface area contributed by atoms with Crippen molar-refractivity contribution < 1.29 is 30.3 Å². The molecule has 1 heterocycles. The maximum absolute atomic E-state index is 13.1. The van der Waals surface area contributed by atoms with E-state index in [1.165, 1.54) is 62.8 Å². The number of aromatic amines is 1. The molecule has 3 rings (SSSR count). The van der Waals surface area contributed by atoms with Crippen molar-refractivity contribution in [1.82, 2.24) is 30.4 Å². The van der Waals surface area contributed by atoms with Crippen molar-refractivity contribution in [2.45, 2.75) is 59.5 Å². The summed E-state index contributed by atoms with van der Waals surface area (Å²) in [4.78, 5) is 49.0. The molecule has 0 radical (unpaired) electrons. The Balaban J connectivity index is 2.03. The average molecular weight is 575 g/mol. The van der Waals surface area contributed by atoms with Gasteiger partial charge < -0.3 is 41.2 Å². The van der Waals surface area contributed by atoms with Crippen LogP contribution in [0.4, 0.5) is 0 Å². The van der Waals surface area contributed by atoms with E-state index in [9.17, 15) is 39.9 Å². The minimum Gasteiger partial charge on any atom is -0.507 e. The number of amides is 1. The fourth-order valence-corrected chi connectivity index (χ4v) is 4.59. The Morgan fingerprint density at radius 2 is 1.49 bits per heavy atom. The first-order valence-corrected chi connectivity index (χ1v) is 13.2. The molecule has 8 N–H and O–H groups in total. The van der Waals surface area contributed by atoms with E-state index in [0.29, 0.717) is 0 Å². The molecule has 3 aromatic rings. The Bertz CT molecular complexity index is 1550. The van der Waals surface area contributed by atoms with E-state index < -0.39 is 41.7 Å². The zero-order chi connectivity index (χ0) is 30.6. The summed E-state index contributed by atoms with van der Waals surface area (Å²) >= 11 is 0. The molecule has 2 aromatic carbocycles. The number of benzene rings is 2. The fraction of sp³-hybridized carbons (Fsp3) is 0.481. The van der Waals surface area contributed by atoms with Gasteiger partial charge in [-0.2, -0.15) is 0 Å². The highest BCUT2D eigenvalue weighted by Crippen LogP contribution is 2.17. The Kier molecular flexibility index (Phi) is 10.4. The van der Waals surface area contributed by atoms with Crippen molar-refractivity contribution in [2.75, 3.05) is 26.2 Å². The zero-order valence-corrected chi connectivity index (χ0v) is 23.7. The number of carbonyl (C=O) groups excluding carboxylic acids is 1. The molecule has 0 bridgehead atoms. The number of fused-ring (bicyclic) bond motifs is 2. The van der Waals surface area contributed by atoms with E-state index in [-0.39, 0.29) is 70.3 Å². The number of phenolic OH excluding ortho intramolecular Hbond substituents is 1.